The fourth-order valence-corrected chi connectivity index (χ4v) is 2.35. The summed E-state index contributed by atoms with van der Waals surface area (Å²) in [5.74, 6) is 1.64. The zero-order valence-electron chi connectivity index (χ0n) is 18.8. The summed E-state index contributed by atoms with van der Waals surface area (Å²) in [6.07, 6.45) is 4.09. The van der Waals surface area contributed by atoms with Gasteiger partial charge in [-0.15, -0.1) is 10.2 Å². The predicted octanol–water partition coefficient (Wildman–Crippen LogP) is 2.09. The zero-order valence-corrected chi connectivity index (χ0v) is 18.8. The molecule has 32 heavy (non-hydrogen) atoms. The van der Waals surface area contributed by atoms with Crippen molar-refractivity contribution in [2.24, 2.45) is 7.05 Å². The Labute approximate surface area is 186 Å². The first-order valence-electron chi connectivity index (χ1n) is 9.44. The average molecular weight is 441 g/mol. The second kappa shape index (κ2) is 14.0. The smallest absolute Gasteiger partial charge is 0.184 e. The Morgan fingerprint density at radius 2 is 1.81 bits per heavy atom. The molecule has 0 aliphatic heterocycles. The molecule has 3 aromatic rings. The molecule has 0 atom stereocenters. The molecule has 0 spiro atoms. The summed E-state index contributed by atoms with van der Waals surface area (Å²) in [5, 5.41) is 20.9. The van der Waals surface area contributed by atoms with Gasteiger partial charge in [0.2, 0.25) is 0 Å². The van der Waals surface area contributed by atoms with Crippen molar-refractivity contribution in [3.63, 3.8) is 0 Å². The number of carbonyl (C=O) groups is 2. The van der Waals surface area contributed by atoms with E-state index in [0.717, 1.165) is 5.56 Å². The molecule has 0 amide bonds. The maximum absolute atomic E-state index is 11.2. The molecular weight excluding hydrogens is 412 g/mol. The topological polar surface area (TPSA) is 136 Å². The number of carbonyl (C=O) groups excluding carboxylic acids is 2. The maximum atomic E-state index is 11.2. The molecule has 3 N–H and O–H groups in total. The second-order valence-corrected chi connectivity index (χ2v) is 6.02. The van der Waals surface area contributed by atoms with Gasteiger partial charge in [0.25, 0.3) is 0 Å². The summed E-state index contributed by atoms with van der Waals surface area (Å²) in [6.45, 7) is 3.11. The molecule has 3 rings (SSSR count). The average Bonchev–Trinajstić information content (AvgIpc) is 3.25. The van der Waals surface area contributed by atoms with Crippen molar-refractivity contribution in [3.05, 3.63) is 48.9 Å². The van der Waals surface area contributed by atoms with Gasteiger partial charge in [-0.1, -0.05) is 12.6 Å². The van der Waals surface area contributed by atoms with Crippen LogP contribution in [0.5, 0.6) is 5.75 Å². The van der Waals surface area contributed by atoms with E-state index in [9.17, 15) is 4.79 Å². The van der Waals surface area contributed by atoms with Crippen LogP contribution in [0.3, 0.4) is 0 Å². The van der Waals surface area contributed by atoms with Gasteiger partial charge in [0, 0.05) is 20.2 Å². The van der Waals surface area contributed by atoms with Crippen molar-refractivity contribution in [2.45, 2.75) is 0 Å². The van der Waals surface area contributed by atoms with Gasteiger partial charge < -0.3 is 20.7 Å². The number of hydrogen-bond donors (Lipinski definition) is 3. The summed E-state index contributed by atoms with van der Waals surface area (Å²) in [7, 11) is 8.84. The molecule has 0 saturated heterocycles. The van der Waals surface area contributed by atoms with Gasteiger partial charge in [-0.25, -0.2) is 4.98 Å². The summed E-state index contributed by atoms with van der Waals surface area (Å²) in [6, 6.07) is 7.25. The maximum Gasteiger partial charge on any atom is 0.184 e. The molecule has 2 aromatic heterocycles. The molecule has 2 heterocycles. The number of hydrogen-bond acceptors (Lipinski definition) is 10. The van der Waals surface area contributed by atoms with E-state index in [4.69, 9.17) is 9.53 Å². The van der Waals surface area contributed by atoms with Crippen molar-refractivity contribution >= 4 is 29.8 Å². The van der Waals surface area contributed by atoms with Crippen LogP contribution in [0.25, 0.3) is 11.4 Å². The van der Waals surface area contributed by atoms with Gasteiger partial charge in [-0.2, -0.15) is 5.10 Å². The number of anilines is 3. The minimum atomic E-state index is 0.197. The van der Waals surface area contributed by atoms with Crippen LogP contribution in [0.15, 0.2) is 43.2 Å². The van der Waals surface area contributed by atoms with Crippen molar-refractivity contribution in [1.29, 1.82) is 0 Å². The Hall–Kier alpha value is -4.12. The highest BCUT2D eigenvalue weighted by molar-refractivity contribution is 5.86. The van der Waals surface area contributed by atoms with Crippen molar-refractivity contribution in [1.82, 2.24) is 30.3 Å². The fraction of sp³-hybridized carbons (Fsp3) is 0.238. The quantitative estimate of drug-likeness (QED) is 0.370. The van der Waals surface area contributed by atoms with Crippen LogP contribution in [0.4, 0.5) is 17.2 Å². The first-order valence-corrected chi connectivity index (χ1v) is 9.44. The number of aryl methyl sites for hydroxylation is 1. The number of para-hydroxylation sites is 1. The Bertz CT molecular complexity index is 1010. The number of rotatable bonds is 7. The largest absolute Gasteiger partial charge is 0.494 e. The lowest BCUT2D eigenvalue weighted by molar-refractivity contribution is -0.104. The number of aldehydes is 2. The molecule has 1 aromatic carbocycles. The van der Waals surface area contributed by atoms with Gasteiger partial charge in [0.15, 0.2) is 23.7 Å². The van der Waals surface area contributed by atoms with Gasteiger partial charge in [0.1, 0.15) is 18.3 Å². The normalized spacial score (nSPS) is 9.28. The SMILES string of the molecule is C=CC=O.CNC.CNc1cc(Nc2cccc(-c3ncn(C)n3)c2OC)c(C=O)nn1. The number of methoxy groups -OCH3 is 1. The molecular formula is C21H28N8O3. The molecule has 0 fully saturated rings. The molecule has 11 nitrogen and oxygen atoms in total. The number of nitrogens with one attached hydrogen (secondary N) is 3. The van der Waals surface area contributed by atoms with Crippen LogP contribution < -0.4 is 20.7 Å². The Kier molecular flexibility index (Phi) is 11.3. The molecule has 0 aliphatic carbocycles. The van der Waals surface area contributed by atoms with Crippen LogP contribution in [0.1, 0.15) is 10.5 Å². The lowest BCUT2D eigenvalue weighted by atomic mass is 10.1. The molecule has 0 unspecified atom stereocenters. The van der Waals surface area contributed by atoms with E-state index < -0.39 is 0 Å². The number of benzene rings is 1. The first kappa shape index (κ1) is 25.9. The monoisotopic (exact) mass is 440 g/mol. The third kappa shape index (κ3) is 7.29. The van der Waals surface area contributed by atoms with Gasteiger partial charge >= 0.3 is 0 Å². The van der Waals surface area contributed by atoms with Crippen LogP contribution in [0, 0.1) is 0 Å². The third-order valence-corrected chi connectivity index (χ3v) is 3.62. The Morgan fingerprint density at radius 3 is 2.31 bits per heavy atom. The summed E-state index contributed by atoms with van der Waals surface area (Å²) < 4.78 is 7.17. The van der Waals surface area contributed by atoms with Crippen LogP contribution in [-0.2, 0) is 11.8 Å². The molecule has 170 valence electrons. The minimum Gasteiger partial charge on any atom is -0.494 e. The number of ether oxygens (including phenoxy) is 1. The fourth-order valence-electron chi connectivity index (χ4n) is 2.35. The first-order chi connectivity index (χ1) is 15.5. The lowest BCUT2D eigenvalue weighted by Crippen LogP contribution is -2.04. The predicted molar refractivity (Wildman–Crippen MR) is 124 cm³/mol. The second-order valence-electron chi connectivity index (χ2n) is 6.02. The number of aromatic nitrogens is 5. The zero-order chi connectivity index (χ0) is 23.9. The van der Waals surface area contributed by atoms with E-state index >= 15 is 0 Å². The van der Waals surface area contributed by atoms with E-state index in [1.807, 2.05) is 32.3 Å². The number of nitrogens with zero attached hydrogens (tertiary/aromatic N) is 5. The highest BCUT2D eigenvalue weighted by Gasteiger charge is 2.16. The third-order valence-electron chi connectivity index (χ3n) is 3.62. The summed E-state index contributed by atoms with van der Waals surface area (Å²) in [5.41, 5.74) is 2.10. The van der Waals surface area contributed by atoms with Gasteiger partial charge in [-0.3, -0.25) is 14.3 Å². The number of allylic oxidation sites excluding steroid dienone is 1. The van der Waals surface area contributed by atoms with Crippen LogP contribution in [-0.4, -0.2) is 65.8 Å². The minimum absolute atomic E-state index is 0.197. The van der Waals surface area contributed by atoms with Crippen molar-refractivity contribution in [3.8, 4) is 17.1 Å². The standard InChI is InChI=1S/C16H17N7O2.C3H4O.C2H7N/c1-17-14-7-12(13(8-24)20-21-14)19-11-6-4-5-10(15(11)25-3)16-18-9-23(2)22-16;1-2-3-4;1-3-2/h4-9H,1-3H3,(H2,17,19,21);2-3H,1H2;3H,1-2H3. The molecule has 0 aliphatic rings. The van der Waals surface area contributed by atoms with Gasteiger partial charge in [-0.05, 0) is 32.3 Å². The highest BCUT2D eigenvalue weighted by Crippen LogP contribution is 2.36. The summed E-state index contributed by atoms with van der Waals surface area (Å²) >= 11 is 0. The highest BCUT2D eigenvalue weighted by atomic mass is 16.5. The molecule has 0 radical (unpaired) electrons. The van der Waals surface area contributed by atoms with Crippen molar-refractivity contribution in [2.75, 3.05) is 38.9 Å². The molecule has 0 bridgehead atoms. The van der Waals surface area contributed by atoms with E-state index in [2.05, 4.69) is 42.8 Å². The van der Waals surface area contributed by atoms with Gasteiger partial charge in [0.05, 0.1) is 24.0 Å². The Balaban J connectivity index is 0.000000645. The van der Waals surface area contributed by atoms with E-state index in [-0.39, 0.29) is 5.69 Å². The van der Waals surface area contributed by atoms with Crippen molar-refractivity contribution < 1.29 is 14.3 Å². The van der Waals surface area contributed by atoms with E-state index in [0.29, 0.717) is 41.3 Å². The summed E-state index contributed by atoms with van der Waals surface area (Å²) in [4.78, 5) is 24.6. The van der Waals surface area contributed by atoms with Crippen LogP contribution >= 0.6 is 0 Å². The van der Waals surface area contributed by atoms with E-state index in [1.165, 1.54) is 6.08 Å². The van der Waals surface area contributed by atoms with E-state index in [1.54, 1.807) is 38.3 Å². The Morgan fingerprint density at radius 1 is 1.12 bits per heavy atom. The molecule has 0 saturated carbocycles. The molecule has 11 heteroatoms. The lowest BCUT2D eigenvalue weighted by Gasteiger charge is -2.15. The van der Waals surface area contributed by atoms with Crippen LogP contribution in [0.2, 0.25) is 0 Å².